The number of likely N-dealkylation sites (N-methyl/N-ethyl adjacent to an activating group) is 1. The highest BCUT2D eigenvalue weighted by molar-refractivity contribution is 9.10. The lowest BCUT2D eigenvalue weighted by Gasteiger charge is -2.29. The Balaban J connectivity index is 1.88. The van der Waals surface area contributed by atoms with Gasteiger partial charge in [0.2, 0.25) is 0 Å². The predicted octanol–water partition coefficient (Wildman–Crippen LogP) is 2.30. The van der Waals surface area contributed by atoms with Crippen molar-refractivity contribution in [3.8, 4) is 5.75 Å². The quantitative estimate of drug-likeness (QED) is 0.855. The topological polar surface area (TPSA) is 21.7 Å². The van der Waals surface area contributed by atoms with Gasteiger partial charge in [0.15, 0.2) is 0 Å². The molecule has 17 heavy (non-hydrogen) atoms. The lowest BCUT2D eigenvalue weighted by Crippen LogP contribution is -2.42. The Morgan fingerprint density at radius 1 is 1.59 bits per heavy atom. The normalized spacial score (nSPS) is 21.5. The SMILES string of the molecule is CN1CCOC(COc2ccc(F)cc2Br)C1. The maximum atomic E-state index is 12.9. The molecule has 1 fully saturated rings. The van der Waals surface area contributed by atoms with Crippen molar-refractivity contribution in [2.45, 2.75) is 6.10 Å². The monoisotopic (exact) mass is 303 g/mol. The van der Waals surface area contributed by atoms with Crippen LogP contribution in [-0.2, 0) is 4.74 Å². The molecule has 1 heterocycles. The van der Waals surface area contributed by atoms with E-state index in [1.165, 1.54) is 12.1 Å². The van der Waals surface area contributed by atoms with Crippen LogP contribution < -0.4 is 4.74 Å². The summed E-state index contributed by atoms with van der Waals surface area (Å²) in [4.78, 5) is 2.21. The molecule has 0 aliphatic carbocycles. The fourth-order valence-corrected chi connectivity index (χ4v) is 2.21. The molecule has 1 unspecified atom stereocenters. The van der Waals surface area contributed by atoms with Gasteiger partial charge in [0.25, 0.3) is 0 Å². The fraction of sp³-hybridized carbons (Fsp3) is 0.500. The summed E-state index contributed by atoms with van der Waals surface area (Å²) in [5.41, 5.74) is 0. The van der Waals surface area contributed by atoms with E-state index in [4.69, 9.17) is 9.47 Å². The molecule has 1 aromatic rings. The van der Waals surface area contributed by atoms with E-state index in [0.717, 1.165) is 19.7 Å². The lowest BCUT2D eigenvalue weighted by molar-refractivity contribution is -0.0404. The van der Waals surface area contributed by atoms with E-state index in [2.05, 4.69) is 27.9 Å². The van der Waals surface area contributed by atoms with E-state index in [9.17, 15) is 4.39 Å². The molecule has 1 aliphatic rings. The van der Waals surface area contributed by atoms with Gasteiger partial charge in [0.1, 0.15) is 24.3 Å². The highest BCUT2D eigenvalue weighted by Gasteiger charge is 2.18. The van der Waals surface area contributed by atoms with E-state index < -0.39 is 0 Å². The third-order valence-corrected chi connectivity index (χ3v) is 3.28. The van der Waals surface area contributed by atoms with Gasteiger partial charge >= 0.3 is 0 Å². The van der Waals surface area contributed by atoms with Crippen LogP contribution in [0.5, 0.6) is 5.75 Å². The number of hydrogen-bond acceptors (Lipinski definition) is 3. The number of morpholine rings is 1. The van der Waals surface area contributed by atoms with E-state index in [1.54, 1.807) is 6.07 Å². The predicted molar refractivity (Wildman–Crippen MR) is 66.8 cm³/mol. The number of halogens is 2. The Kier molecular flexibility index (Phi) is 4.36. The summed E-state index contributed by atoms with van der Waals surface area (Å²) in [6.45, 7) is 3.03. The molecule has 1 atom stereocenters. The van der Waals surface area contributed by atoms with Crippen LogP contribution in [0.2, 0.25) is 0 Å². The smallest absolute Gasteiger partial charge is 0.133 e. The number of nitrogens with zero attached hydrogens (tertiary/aromatic N) is 1. The van der Waals surface area contributed by atoms with Crippen LogP contribution in [0.4, 0.5) is 4.39 Å². The second kappa shape index (κ2) is 5.80. The molecule has 0 saturated carbocycles. The second-order valence-corrected chi connectivity index (χ2v) is 5.00. The van der Waals surface area contributed by atoms with E-state index in [-0.39, 0.29) is 11.9 Å². The Morgan fingerprint density at radius 3 is 3.12 bits per heavy atom. The van der Waals surface area contributed by atoms with Crippen LogP contribution in [0, 0.1) is 5.82 Å². The average Bonchev–Trinajstić information content (AvgIpc) is 2.28. The highest BCUT2D eigenvalue weighted by Crippen LogP contribution is 2.25. The number of ether oxygens (including phenoxy) is 2. The van der Waals surface area contributed by atoms with Crippen molar-refractivity contribution in [2.24, 2.45) is 0 Å². The minimum absolute atomic E-state index is 0.0747. The summed E-state index contributed by atoms with van der Waals surface area (Å²) in [5.74, 6) is 0.362. The molecule has 1 aromatic carbocycles. The first kappa shape index (κ1) is 12.8. The third-order valence-electron chi connectivity index (χ3n) is 2.66. The van der Waals surface area contributed by atoms with E-state index >= 15 is 0 Å². The average molecular weight is 304 g/mol. The van der Waals surface area contributed by atoms with E-state index in [1.807, 2.05) is 0 Å². The van der Waals surface area contributed by atoms with Crippen molar-refractivity contribution in [1.29, 1.82) is 0 Å². The Morgan fingerprint density at radius 2 is 2.41 bits per heavy atom. The van der Waals surface area contributed by atoms with Crippen molar-refractivity contribution in [3.05, 3.63) is 28.5 Å². The van der Waals surface area contributed by atoms with Gasteiger partial charge in [-0.2, -0.15) is 0 Å². The summed E-state index contributed by atoms with van der Waals surface area (Å²) >= 11 is 3.27. The third kappa shape index (κ3) is 3.66. The number of rotatable bonds is 3. The Bertz CT molecular complexity index is 389. The van der Waals surface area contributed by atoms with Gasteiger partial charge in [-0.15, -0.1) is 0 Å². The highest BCUT2D eigenvalue weighted by atomic mass is 79.9. The van der Waals surface area contributed by atoms with Crippen LogP contribution >= 0.6 is 15.9 Å². The summed E-state index contributed by atoms with van der Waals surface area (Å²) in [6, 6.07) is 4.39. The summed E-state index contributed by atoms with van der Waals surface area (Å²) in [7, 11) is 2.06. The molecule has 5 heteroatoms. The zero-order chi connectivity index (χ0) is 12.3. The summed E-state index contributed by atoms with van der Waals surface area (Å²) in [6.07, 6.45) is 0.0747. The van der Waals surface area contributed by atoms with Crippen molar-refractivity contribution >= 4 is 15.9 Å². The minimum atomic E-state index is -0.280. The van der Waals surface area contributed by atoms with Crippen molar-refractivity contribution in [1.82, 2.24) is 4.90 Å². The molecule has 1 saturated heterocycles. The molecule has 0 N–H and O–H groups in total. The van der Waals surface area contributed by atoms with Gasteiger partial charge < -0.3 is 14.4 Å². The summed E-state index contributed by atoms with van der Waals surface area (Å²) in [5, 5.41) is 0. The first-order valence-electron chi connectivity index (χ1n) is 5.53. The summed E-state index contributed by atoms with van der Waals surface area (Å²) < 4.78 is 24.7. The van der Waals surface area contributed by atoms with E-state index in [0.29, 0.717) is 16.8 Å². The molecule has 0 aromatic heterocycles. The standard InChI is InChI=1S/C12H15BrFNO2/c1-15-4-5-16-10(7-15)8-17-12-3-2-9(14)6-11(12)13/h2-3,6,10H,4-5,7-8H2,1H3. The lowest BCUT2D eigenvalue weighted by atomic mass is 10.3. The molecule has 1 aliphatic heterocycles. The zero-order valence-corrected chi connectivity index (χ0v) is 11.2. The molecule has 0 amide bonds. The molecule has 2 rings (SSSR count). The first-order valence-corrected chi connectivity index (χ1v) is 6.32. The van der Waals surface area contributed by atoms with Crippen LogP contribution in [0.25, 0.3) is 0 Å². The molecule has 94 valence electrons. The Hall–Kier alpha value is -0.650. The first-order chi connectivity index (χ1) is 8.15. The van der Waals surface area contributed by atoms with Gasteiger partial charge in [-0.1, -0.05) is 0 Å². The largest absolute Gasteiger partial charge is 0.490 e. The zero-order valence-electron chi connectivity index (χ0n) is 9.66. The molecule has 0 radical (unpaired) electrons. The van der Waals surface area contributed by atoms with Crippen molar-refractivity contribution in [3.63, 3.8) is 0 Å². The fourth-order valence-electron chi connectivity index (χ4n) is 1.74. The number of benzene rings is 1. The van der Waals surface area contributed by atoms with Crippen LogP contribution in [-0.4, -0.2) is 44.4 Å². The van der Waals surface area contributed by atoms with Crippen molar-refractivity contribution in [2.75, 3.05) is 33.4 Å². The molecular weight excluding hydrogens is 289 g/mol. The van der Waals surface area contributed by atoms with Gasteiger partial charge in [-0.25, -0.2) is 4.39 Å². The van der Waals surface area contributed by atoms with Crippen LogP contribution in [0.15, 0.2) is 22.7 Å². The minimum Gasteiger partial charge on any atom is -0.490 e. The van der Waals surface area contributed by atoms with Gasteiger partial charge in [-0.3, -0.25) is 0 Å². The maximum Gasteiger partial charge on any atom is 0.133 e. The molecule has 0 spiro atoms. The Labute approximate surface area is 109 Å². The molecule has 3 nitrogen and oxygen atoms in total. The maximum absolute atomic E-state index is 12.9. The van der Waals surface area contributed by atoms with Crippen molar-refractivity contribution < 1.29 is 13.9 Å². The van der Waals surface area contributed by atoms with Gasteiger partial charge in [0.05, 0.1) is 11.1 Å². The molecule has 0 bridgehead atoms. The number of hydrogen-bond donors (Lipinski definition) is 0. The van der Waals surface area contributed by atoms with Gasteiger partial charge in [-0.05, 0) is 41.2 Å². The molecular formula is C12H15BrFNO2. The second-order valence-electron chi connectivity index (χ2n) is 4.14. The van der Waals surface area contributed by atoms with Crippen LogP contribution in [0.1, 0.15) is 0 Å². The van der Waals surface area contributed by atoms with Gasteiger partial charge in [0, 0.05) is 13.1 Å². The van der Waals surface area contributed by atoms with Crippen LogP contribution in [0.3, 0.4) is 0 Å².